The molecule has 0 aliphatic carbocycles. The Bertz CT molecular complexity index is 236. The van der Waals surface area contributed by atoms with Crippen LogP contribution in [0.1, 0.15) is 13.8 Å². The molecule has 0 aromatic heterocycles. The summed E-state index contributed by atoms with van der Waals surface area (Å²) in [5.41, 5.74) is 0. The smallest absolute Gasteiger partial charge is 0.174 e. The van der Waals surface area contributed by atoms with E-state index in [9.17, 15) is 8.42 Å². The highest BCUT2D eigenvalue weighted by molar-refractivity contribution is 7.95. The fourth-order valence-corrected chi connectivity index (χ4v) is 2.52. The molecule has 1 heterocycles. The molecule has 52 valence electrons. The van der Waals surface area contributed by atoms with Crippen LogP contribution in [0.25, 0.3) is 0 Å². The van der Waals surface area contributed by atoms with Crippen LogP contribution in [0, 0.1) is 5.92 Å². The van der Waals surface area contributed by atoms with Crippen molar-refractivity contribution in [1.29, 1.82) is 0 Å². The highest BCUT2D eigenvalue weighted by Gasteiger charge is 2.23. The van der Waals surface area contributed by atoms with Gasteiger partial charge in [0, 0.05) is 4.91 Å². The van der Waals surface area contributed by atoms with Crippen molar-refractivity contribution in [1.82, 2.24) is 0 Å². The Balaban J connectivity index is 3.04. The molecule has 0 aromatic carbocycles. The maximum Gasteiger partial charge on any atom is 0.174 e. The summed E-state index contributed by atoms with van der Waals surface area (Å²) in [7, 11) is -2.81. The first-order valence-corrected chi connectivity index (χ1v) is 4.59. The molecule has 1 rings (SSSR count). The van der Waals surface area contributed by atoms with Crippen LogP contribution in [0.5, 0.6) is 0 Å². The van der Waals surface area contributed by atoms with Crippen LogP contribution in [0.2, 0.25) is 0 Å². The minimum absolute atomic E-state index is 0.218. The molecule has 0 saturated carbocycles. The van der Waals surface area contributed by atoms with Crippen molar-refractivity contribution in [2.45, 2.75) is 13.8 Å². The van der Waals surface area contributed by atoms with Gasteiger partial charge in [0.25, 0.3) is 0 Å². The van der Waals surface area contributed by atoms with E-state index in [-0.39, 0.29) is 5.92 Å². The number of sulfone groups is 1. The van der Waals surface area contributed by atoms with Gasteiger partial charge in [0.2, 0.25) is 0 Å². The van der Waals surface area contributed by atoms with E-state index in [4.69, 9.17) is 0 Å². The third-order valence-electron chi connectivity index (χ3n) is 1.49. The molecule has 0 N–H and O–H groups in total. The van der Waals surface area contributed by atoms with Gasteiger partial charge in [0.1, 0.15) is 0 Å². The minimum atomic E-state index is -2.81. The van der Waals surface area contributed by atoms with Gasteiger partial charge in [-0.2, -0.15) is 0 Å². The first kappa shape index (κ1) is 6.81. The Kier molecular flexibility index (Phi) is 1.39. The number of hydrogen-bond donors (Lipinski definition) is 0. The molecule has 1 atom stereocenters. The fourth-order valence-electron chi connectivity index (χ4n) is 1.03. The molecule has 0 bridgehead atoms. The van der Waals surface area contributed by atoms with Crippen molar-refractivity contribution in [3.63, 3.8) is 0 Å². The van der Waals surface area contributed by atoms with Crippen LogP contribution in [0.3, 0.4) is 0 Å². The molecular formula is C6H10O2S. The summed E-state index contributed by atoms with van der Waals surface area (Å²) < 4.78 is 21.8. The van der Waals surface area contributed by atoms with Crippen LogP contribution in [0.15, 0.2) is 11.0 Å². The predicted molar refractivity (Wildman–Crippen MR) is 36.7 cm³/mol. The van der Waals surface area contributed by atoms with E-state index < -0.39 is 9.84 Å². The zero-order valence-corrected chi connectivity index (χ0v) is 6.40. The van der Waals surface area contributed by atoms with Crippen LogP contribution in [-0.2, 0) is 9.84 Å². The predicted octanol–water partition coefficient (Wildman–Crippen LogP) is 0.955. The first-order valence-electron chi connectivity index (χ1n) is 2.93. The van der Waals surface area contributed by atoms with Gasteiger partial charge in [0.15, 0.2) is 9.84 Å². The fraction of sp³-hybridized carbons (Fsp3) is 0.667. The average Bonchev–Trinajstić information content (AvgIpc) is 1.79. The van der Waals surface area contributed by atoms with E-state index in [1.807, 2.05) is 6.92 Å². The van der Waals surface area contributed by atoms with Crippen LogP contribution < -0.4 is 0 Å². The second-order valence-corrected chi connectivity index (χ2v) is 4.74. The number of allylic oxidation sites excluding steroid dienone is 2. The van der Waals surface area contributed by atoms with E-state index in [2.05, 4.69) is 0 Å². The Morgan fingerprint density at radius 1 is 1.67 bits per heavy atom. The number of rotatable bonds is 0. The van der Waals surface area contributed by atoms with Gasteiger partial charge in [-0.3, -0.25) is 0 Å². The van der Waals surface area contributed by atoms with Gasteiger partial charge in [-0.15, -0.1) is 0 Å². The lowest BCUT2D eigenvalue weighted by Crippen LogP contribution is -2.03. The SMILES string of the molecule is CC1=CC(C)CS1(=O)=O. The van der Waals surface area contributed by atoms with Gasteiger partial charge in [-0.1, -0.05) is 13.0 Å². The summed E-state index contributed by atoms with van der Waals surface area (Å²) in [4.78, 5) is 0.537. The van der Waals surface area contributed by atoms with Crippen LogP contribution in [-0.4, -0.2) is 14.2 Å². The summed E-state index contributed by atoms with van der Waals surface area (Å²) in [5.74, 6) is 0.522. The monoisotopic (exact) mass is 146 g/mol. The van der Waals surface area contributed by atoms with E-state index in [1.54, 1.807) is 13.0 Å². The van der Waals surface area contributed by atoms with Crippen LogP contribution in [0.4, 0.5) is 0 Å². The van der Waals surface area contributed by atoms with Gasteiger partial charge >= 0.3 is 0 Å². The standard InChI is InChI=1S/C6H10O2S/c1-5-3-6(2)9(7,8)4-5/h3,5H,4H2,1-2H3. The molecule has 0 aromatic rings. The molecule has 1 aliphatic rings. The Morgan fingerprint density at radius 3 is 2.33 bits per heavy atom. The van der Waals surface area contributed by atoms with Crippen molar-refractivity contribution in [3.05, 3.63) is 11.0 Å². The van der Waals surface area contributed by atoms with Gasteiger partial charge < -0.3 is 0 Å². The summed E-state index contributed by atoms with van der Waals surface area (Å²) in [5, 5.41) is 0. The second kappa shape index (κ2) is 1.84. The second-order valence-electron chi connectivity index (χ2n) is 2.54. The van der Waals surface area contributed by atoms with Gasteiger partial charge in [-0.05, 0) is 12.8 Å². The highest BCUT2D eigenvalue weighted by atomic mass is 32.2. The summed E-state index contributed by atoms with van der Waals surface area (Å²) in [6.07, 6.45) is 1.80. The topological polar surface area (TPSA) is 34.1 Å². The molecule has 0 fully saturated rings. The molecule has 0 amide bonds. The maximum absolute atomic E-state index is 10.9. The molecule has 1 aliphatic heterocycles. The molecule has 0 radical (unpaired) electrons. The van der Waals surface area contributed by atoms with E-state index in [0.29, 0.717) is 10.7 Å². The summed E-state index contributed by atoms with van der Waals surface area (Å²) in [6.45, 7) is 3.56. The minimum Gasteiger partial charge on any atom is -0.224 e. The molecular weight excluding hydrogens is 136 g/mol. The largest absolute Gasteiger partial charge is 0.224 e. The molecule has 0 spiro atoms. The lowest BCUT2D eigenvalue weighted by Gasteiger charge is -1.92. The molecule has 3 heteroatoms. The summed E-state index contributed by atoms with van der Waals surface area (Å²) in [6, 6.07) is 0. The van der Waals surface area contributed by atoms with E-state index in [0.717, 1.165) is 0 Å². The summed E-state index contributed by atoms with van der Waals surface area (Å²) >= 11 is 0. The number of hydrogen-bond acceptors (Lipinski definition) is 2. The highest BCUT2D eigenvalue weighted by Crippen LogP contribution is 2.21. The Hall–Kier alpha value is -0.310. The molecule has 1 unspecified atom stereocenters. The molecule has 0 saturated heterocycles. The normalized spacial score (nSPS) is 32.2. The van der Waals surface area contributed by atoms with Crippen molar-refractivity contribution in [2.75, 3.05) is 5.75 Å². The van der Waals surface area contributed by atoms with Crippen molar-refractivity contribution in [2.24, 2.45) is 5.92 Å². The van der Waals surface area contributed by atoms with Crippen LogP contribution >= 0.6 is 0 Å². The third-order valence-corrected chi connectivity index (χ3v) is 3.57. The van der Waals surface area contributed by atoms with Crippen molar-refractivity contribution < 1.29 is 8.42 Å². The Morgan fingerprint density at radius 2 is 2.22 bits per heavy atom. The van der Waals surface area contributed by atoms with E-state index in [1.165, 1.54) is 0 Å². The van der Waals surface area contributed by atoms with Gasteiger partial charge in [-0.25, -0.2) is 8.42 Å². The lowest BCUT2D eigenvalue weighted by molar-refractivity contribution is 0.600. The zero-order valence-electron chi connectivity index (χ0n) is 5.59. The molecule has 9 heavy (non-hydrogen) atoms. The van der Waals surface area contributed by atoms with Crippen molar-refractivity contribution >= 4 is 9.84 Å². The first-order chi connectivity index (χ1) is 4.02. The third kappa shape index (κ3) is 1.15. The average molecular weight is 146 g/mol. The maximum atomic E-state index is 10.9. The quantitative estimate of drug-likeness (QED) is 0.510. The Labute approximate surface area is 55.5 Å². The molecule has 2 nitrogen and oxygen atoms in total. The zero-order chi connectivity index (χ0) is 7.07. The van der Waals surface area contributed by atoms with Crippen molar-refractivity contribution in [3.8, 4) is 0 Å². The van der Waals surface area contributed by atoms with E-state index >= 15 is 0 Å². The lowest BCUT2D eigenvalue weighted by atomic mass is 10.2. The van der Waals surface area contributed by atoms with Gasteiger partial charge in [0.05, 0.1) is 5.75 Å².